The van der Waals surface area contributed by atoms with Crippen LogP contribution in [-0.2, 0) is 9.84 Å². The molecule has 2 aromatic rings. The molecule has 9 heteroatoms. The van der Waals surface area contributed by atoms with Gasteiger partial charge in [-0.1, -0.05) is 24.7 Å². The Labute approximate surface area is 138 Å². The molecule has 1 N–H and O–H groups in total. The van der Waals surface area contributed by atoms with Crippen molar-refractivity contribution >= 4 is 32.2 Å². The number of methoxy groups -OCH3 is 1. The SMILES string of the molecule is CCCCS(=O)(=O)c1nnc(NC(=O)c2ccc(OC)cc2)s1. The average Bonchev–Trinajstić information content (AvgIpc) is 3.02. The molecule has 0 unspecified atom stereocenters. The molecule has 0 radical (unpaired) electrons. The standard InChI is InChI=1S/C14H17N3O4S2/c1-3-4-9-23(19,20)14-17-16-13(22-14)15-12(18)10-5-7-11(21-2)8-6-10/h5-8H,3-4,9H2,1-2H3,(H,15,16,18). The smallest absolute Gasteiger partial charge is 0.257 e. The lowest BCUT2D eigenvalue weighted by atomic mass is 10.2. The number of nitrogens with zero attached hydrogens (tertiary/aromatic N) is 2. The van der Waals surface area contributed by atoms with Crippen LogP contribution in [0.3, 0.4) is 0 Å². The molecule has 0 saturated carbocycles. The number of unbranched alkanes of at least 4 members (excludes halogenated alkanes) is 1. The summed E-state index contributed by atoms with van der Waals surface area (Å²) < 4.78 is 29.0. The number of carbonyl (C=O) groups excluding carboxylic acids is 1. The lowest BCUT2D eigenvalue weighted by molar-refractivity contribution is 0.102. The van der Waals surface area contributed by atoms with Crippen molar-refractivity contribution in [2.45, 2.75) is 24.1 Å². The number of sulfone groups is 1. The fraction of sp³-hybridized carbons (Fsp3) is 0.357. The molecule has 7 nitrogen and oxygen atoms in total. The minimum absolute atomic E-state index is 0.0323. The van der Waals surface area contributed by atoms with Gasteiger partial charge in [-0.05, 0) is 30.7 Å². The summed E-state index contributed by atoms with van der Waals surface area (Å²) in [5.41, 5.74) is 0.413. The third-order valence-electron chi connectivity index (χ3n) is 3.01. The fourth-order valence-corrected chi connectivity index (χ4v) is 4.19. The van der Waals surface area contributed by atoms with Gasteiger partial charge >= 0.3 is 0 Å². The predicted molar refractivity (Wildman–Crippen MR) is 87.8 cm³/mol. The van der Waals surface area contributed by atoms with E-state index in [1.807, 2.05) is 6.92 Å². The van der Waals surface area contributed by atoms with Gasteiger partial charge in [0.15, 0.2) is 0 Å². The van der Waals surface area contributed by atoms with E-state index in [0.29, 0.717) is 17.7 Å². The summed E-state index contributed by atoms with van der Waals surface area (Å²) in [6.07, 6.45) is 1.34. The van der Waals surface area contributed by atoms with Crippen molar-refractivity contribution in [2.24, 2.45) is 0 Å². The lowest BCUT2D eigenvalue weighted by Crippen LogP contribution is -2.11. The normalized spacial score (nSPS) is 11.2. The average molecular weight is 355 g/mol. The van der Waals surface area contributed by atoms with Crippen LogP contribution in [0, 0.1) is 0 Å². The van der Waals surface area contributed by atoms with E-state index in [1.165, 1.54) is 7.11 Å². The summed E-state index contributed by atoms with van der Waals surface area (Å²) in [6.45, 7) is 1.91. The van der Waals surface area contributed by atoms with Crippen LogP contribution in [0.15, 0.2) is 28.6 Å². The first-order chi connectivity index (χ1) is 11.0. The van der Waals surface area contributed by atoms with Crippen LogP contribution in [0.25, 0.3) is 0 Å². The Bertz CT molecular complexity index is 770. The van der Waals surface area contributed by atoms with E-state index < -0.39 is 9.84 Å². The molecule has 1 aromatic carbocycles. The van der Waals surface area contributed by atoms with Crippen molar-refractivity contribution in [1.29, 1.82) is 0 Å². The third-order valence-corrected chi connectivity index (χ3v) is 6.10. The Kier molecular flexibility index (Phi) is 5.67. The van der Waals surface area contributed by atoms with E-state index in [-0.39, 0.29) is 21.1 Å². The van der Waals surface area contributed by atoms with Crippen LogP contribution in [0.4, 0.5) is 5.13 Å². The number of amides is 1. The number of hydrogen-bond donors (Lipinski definition) is 1. The Balaban J connectivity index is 2.07. The number of anilines is 1. The summed E-state index contributed by atoms with van der Waals surface area (Å²) in [6, 6.07) is 6.54. The molecule has 0 aliphatic carbocycles. The van der Waals surface area contributed by atoms with E-state index in [2.05, 4.69) is 15.5 Å². The van der Waals surface area contributed by atoms with Gasteiger partial charge in [0.2, 0.25) is 19.3 Å². The fourth-order valence-electron chi connectivity index (χ4n) is 1.72. The highest BCUT2D eigenvalue weighted by Gasteiger charge is 2.20. The quantitative estimate of drug-likeness (QED) is 0.766. The van der Waals surface area contributed by atoms with Gasteiger partial charge < -0.3 is 4.74 Å². The number of rotatable bonds is 7. The second-order valence-electron chi connectivity index (χ2n) is 4.73. The van der Waals surface area contributed by atoms with E-state index in [4.69, 9.17) is 4.74 Å². The van der Waals surface area contributed by atoms with Gasteiger partial charge in [0.25, 0.3) is 5.91 Å². The van der Waals surface area contributed by atoms with Crippen LogP contribution in [0.5, 0.6) is 5.75 Å². The van der Waals surface area contributed by atoms with Gasteiger partial charge in [-0.25, -0.2) is 8.42 Å². The first-order valence-electron chi connectivity index (χ1n) is 6.98. The summed E-state index contributed by atoms with van der Waals surface area (Å²) in [5, 5.41) is 10.1. The second kappa shape index (κ2) is 7.51. The van der Waals surface area contributed by atoms with Gasteiger partial charge in [-0.15, -0.1) is 10.2 Å². The number of ether oxygens (including phenoxy) is 1. The summed E-state index contributed by atoms with van der Waals surface area (Å²) in [5.74, 6) is 0.285. The minimum Gasteiger partial charge on any atom is -0.497 e. The highest BCUT2D eigenvalue weighted by atomic mass is 32.2. The number of nitrogens with one attached hydrogen (secondary N) is 1. The van der Waals surface area contributed by atoms with Crippen LogP contribution < -0.4 is 10.1 Å². The number of carbonyl (C=O) groups is 1. The molecule has 1 aromatic heterocycles. The molecule has 2 rings (SSSR count). The molecule has 0 fully saturated rings. The van der Waals surface area contributed by atoms with E-state index in [0.717, 1.165) is 17.8 Å². The number of benzene rings is 1. The monoisotopic (exact) mass is 355 g/mol. The van der Waals surface area contributed by atoms with E-state index in [1.54, 1.807) is 24.3 Å². The first kappa shape index (κ1) is 17.4. The first-order valence-corrected chi connectivity index (χ1v) is 9.45. The highest BCUT2D eigenvalue weighted by Crippen LogP contribution is 2.22. The molecule has 1 heterocycles. The maximum atomic E-state index is 12.1. The van der Waals surface area contributed by atoms with Crippen LogP contribution >= 0.6 is 11.3 Å². The van der Waals surface area contributed by atoms with Crippen LogP contribution in [-0.4, -0.2) is 37.4 Å². The van der Waals surface area contributed by atoms with Gasteiger partial charge in [0.1, 0.15) is 5.75 Å². The highest BCUT2D eigenvalue weighted by molar-refractivity contribution is 7.93. The zero-order valence-electron chi connectivity index (χ0n) is 12.8. The molecule has 0 atom stereocenters. The summed E-state index contributed by atoms with van der Waals surface area (Å²) in [4.78, 5) is 12.1. The maximum absolute atomic E-state index is 12.1. The molecule has 0 spiro atoms. The molecular formula is C14H17N3O4S2. The van der Waals surface area contributed by atoms with Crippen molar-refractivity contribution in [3.8, 4) is 5.75 Å². The molecule has 124 valence electrons. The Morgan fingerprint density at radius 1 is 1.26 bits per heavy atom. The van der Waals surface area contributed by atoms with Gasteiger partial charge in [0, 0.05) is 5.56 Å². The van der Waals surface area contributed by atoms with Crippen LogP contribution in [0.1, 0.15) is 30.1 Å². The summed E-state index contributed by atoms with van der Waals surface area (Å²) >= 11 is 0.854. The molecule has 23 heavy (non-hydrogen) atoms. The Hall–Kier alpha value is -2.00. The molecular weight excluding hydrogens is 338 g/mol. The van der Waals surface area contributed by atoms with Crippen molar-refractivity contribution < 1.29 is 17.9 Å². The van der Waals surface area contributed by atoms with Gasteiger partial charge in [-0.2, -0.15) is 0 Å². The molecule has 0 saturated heterocycles. The summed E-state index contributed by atoms with van der Waals surface area (Å²) in [7, 11) is -1.90. The predicted octanol–water partition coefficient (Wildman–Crippen LogP) is 2.37. The Morgan fingerprint density at radius 2 is 1.96 bits per heavy atom. The molecule has 0 aliphatic rings. The largest absolute Gasteiger partial charge is 0.497 e. The van der Waals surface area contributed by atoms with Crippen molar-refractivity contribution in [3.63, 3.8) is 0 Å². The number of hydrogen-bond acceptors (Lipinski definition) is 7. The maximum Gasteiger partial charge on any atom is 0.257 e. The topological polar surface area (TPSA) is 98.3 Å². The van der Waals surface area contributed by atoms with Gasteiger partial charge in [0.05, 0.1) is 12.9 Å². The van der Waals surface area contributed by atoms with Gasteiger partial charge in [-0.3, -0.25) is 10.1 Å². The molecule has 1 amide bonds. The lowest BCUT2D eigenvalue weighted by Gasteiger charge is -2.02. The minimum atomic E-state index is -3.43. The van der Waals surface area contributed by atoms with E-state index in [9.17, 15) is 13.2 Å². The third kappa shape index (κ3) is 4.49. The zero-order chi connectivity index (χ0) is 16.9. The van der Waals surface area contributed by atoms with E-state index >= 15 is 0 Å². The van der Waals surface area contributed by atoms with Crippen molar-refractivity contribution in [1.82, 2.24) is 10.2 Å². The van der Waals surface area contributed by atoms with Crippen molar-refractivity contribution in [2.75, 3.05) is 18.2 Å². The molecule has 0 aliphatic heterocycles. The second-order valence-corrected chi connectivity index (χ2v) is 7.99. The Morgan fingerprint density at radius 3 is 2.57 bits per heavy atom. The molecule has 0 bridgehead atoms. The van der Waals surface area contributed by atoms with Crippen LogP contribution in [0.2, 0.25) is 0 Å². The van der Waals surface area contributed by atoms with Crippen molar-refractivity contribution in [3.05, 3.63) is 29.8 Å². The number of aromatic nitrogens is 2. The zero-order valence-corrected chi connectivity index (χ0v) is 14.4.